The molecule has 116 valence electrons. The van der Waals surface area contributed by atoms with Crippen LogP contribution in [0.4, 0.5) is 26.3 Å². The summed E-state index contributed by atoms with van der Waals surface area (Å²) in [6.07, 6.45) is -11.9. The maximum absolute atomic E-state index is 12.5. The van der Waals surface area contributed by atoms with Crippen molar-refractivity contribution in [1.29, 1.82) is 0 Å². The third kappa shape index (κ3) is 4.14. The molecule has 2 N–H and O–H groups in total. The molecule has 4 nitrogen and oxygen atoms in total. The fourth-order valence-corrected chi connectivity index (χ4v) is 1.58. The summed E-state index contributed by atoms with van der Waals surface area (Å²) in [6.45, 7) is 1.96. The Kier molecular flexibility index (Phi) is 5.22. The van der Waals surface area contributed by atoms with Crippen molar-refractivity contribution in [1.82, 2.24) is 0 Å². The zero-order valence-electron chi connectivity index (χ0n) is 10.1. The Morgan fingerprint density at radius 2 is 1.10 bits per heavy atom. The van der Waals surface area contributed by atoms with Gasteiger partial charge in [-0.25, -0.2) is 9.59 Å². The van der Waals surface area contributed by atoms with E-state index in [4.69, 9.17) is 10.2 Å². The second-order valence-corrected chi connectivity index (χ2v) is 4.11. The van der Waals surface area contributed by atoms with Gasteiger partial charge in [0.15, 0.2) is 5.92 Å². The van der Waals surface area contributed by atoms with E-state index in [1.54, 1.807) is 0 Å². The van der Waals surface area contributed by atoms with Gasteiger partial charge in [-0.2, -0.15) is 26.3 Å². The molecule has 0 aromatic heterocycles. The average molecular weight is 308 g/mol. The van der Waals surface area contributed by atoms with Crippen LogP contribution in [0.2, 0.25) is 0 Å². The Hall–Kier alpha value is -1.74. The number of alkyl halides is 6. The van der Waals surface area contributed by atoms with Gasteiger partial charge in [0.1, 0.15) is 0 Å². The summed E-state index contributed by atoms with van der Waals surface area (Å²) in [5.41, 5.74) is -3.65. The van der Waals surface area contributed by atoms with Gasteiger partial charge in [0.05, 0.1) is 11.1 Å². The van der Waals surface area contributed by atoms with Gasteiger partial charge in [-0.1, -0.05) is 13.8 Å². The molecule has 0 atom stereocenters. The Balaban J connectivity index is 6.48. The first kappa shape index (κ1) is 18.3. The molecular formula is C10H10F6O4. The lowest BCUT2D eigenvalue weighted by Crippen LogP contribution is -2.41. The van der Waals surface area contributed by atoms with Crippen molar-refractivity contribution in [3.05, 3.63) is 11.1 Å². The number of rotatable bonds is 4. The van der Waals surface area contributed by atoms with Crippen molar-refractivity contribution in [3.8, 4) is 0 Å². The molecule has 0 radical (unpaired) electrons. The van der Waals surface area contributed by atoms with Crippen LogP contribution in [0.5, 0.6) is 0 Å². The number of hydrogen-bond acceptors (Lipinski definition) is 2. The zero-order valence-corrected chi connectivity index (χ0v) is 10.1. The molecular weight excluding hydrogens is 298 g/mol. The van der Waals surface area contributed by atoms with E-state index in [0.29, 0.717) is 0 Å². The van der Waals surface area contributed by atoms with Crippen molar-refractivity contribution in [2.75, 3.05) is 0 Å². The van der Waals surface area contributed by atoms with E-state index in [1.165, 1.54) is 0 Å². The normalized spacial score (nSPS) is 14.5. The number of carbonyl (C=O) groups is 2. The molecule has 0 aliphatic rings. The molecule has 0 fully saturated rings. The highest BCUT2D eigenvalue weighted by molar-refractivity contribution is 5.99. The van der Waals surface area contributed by atoms with Crippen LogP contribution in [0.15, 0.2) is 11.1 Å². The second kappa shape index (κ2) is 5.71. The Bertz CT molecular complexity index is 418. The van der Waals surface area contributed by atoms with Gasteiger partial charge in [0.25, 0.3) is 0 Å². The molecule has 0 spiro atoms. The number of aliphatic carboxylic acids is 2. The molecule has 0 saturated carbocycles. The largest absolute Gasteiger partial charge is 0.478 e. The summed E-state index contributed by atoms with van der Waals surface area (Å²) in [6, 6.07) is 0. The molecule has 0 unspecified atom stereocenters. The Morgan fingerprint density at radius 3 is 1.25 bits per heavy atom. The maximum atomic E-state index is 12.5. The first-order valence-electron chi connectivity index (χ1n) is 5.05. The standard InChI is InChI=1S/C10H10F6O4/c1-3(2)4(7(17)18)5(8(19)20)6(9(11,12)13)10(14,15)16/h3,6H,1-2H3,(H,17,18)(H,19,20)/b5-4+. The minimum absolute atomic E-state index is 0.982. The predicted molar refractivity (Wildman–Crippen MR) is 52.7 cm³/mol. The van der Waals surface area contributed by atoms with E-state index in [1.807, 2.05) is 0 Å². The van der Waals surface area contributed by atoms with Crippen LogP contribution in [0.1, 0.15) is 13.8 Å². The lowest BCUT2D eigenvalue weighted by Gasteiger charge is -2.25. The third-order valence-electron chi connectivity index (χ3n) is 2.27. The van der Waals surface area contributed by atoms with Gasteiger partial charge in [-0.05, 0) is 5.92 Å². The van der Waals surface area contributed by atoms with Crippen LogP contribution in [0.3, 0.4) is 0 Å². The Labute approximate surface area is 108 Å². The highest BCUT2D eigenvalue weighted by Gasteiger charge is 2.61. The van der Waals surface area contributed by atoms with Crippen molar-refractivity contribution < 1.29 is 46.1 Å². The van der Waals surface area contributed by atoms with Crippen molar-refractivity contribution in [3.63, 3.8) is 0 Å². The minimum atomic E-state index is -5.97. The highest BCUT2D eigenvalue weighted by Crippen LogP contribution is 2.45. The number of carboxylic acids is 2. The smallest absolute Gasteiger partial charge is 0.404 e. The van der Waals surface area contributed by atoms with Crippen LogP contribution in [0, 0.1) is 11.8 Å². The fraction of sp³-hybridized carbons (Fsp3) is 0.600. The summed E-state index contributed by atoms with van der Waals surface area (Å²) in [5, 5.41) is 17.3. The molecule has 0 amide bonds. The van der Waals surface area contributed by atoms with Gasteiger partial charge < -0.3 is 10.2 Å². The van der Waals surface area contributed by atoms with Crippen LogP contribution in [-0.4, -0.2) is 34.5 Å². The van der Waals surface area contributed by atoms with E-state index < -0.39 is 47.3 Å². The van der Waals surface area contributed by atoms with Crippen molar-refractivity contribution in [2.45, 2.75) is 26.2 Å². The van der Waals surface area contributed by atoms with E-state index in [9.17, 15) is 35.9 Å². The third-order valence-corrected chi connectivity index (χ3v) is 2.27. The molecule has 20 heavy (non-hydrogen) atoms. The van der Waals surface area contributed by atoms with E-state index in [0.717, 1.165) is 13.8 Å². The molecule has 0 bridgehead atoms. The first-order chi connectivity index (χ1) is 8.71. The predicted octanol–water partition coefficient (Wildman–Crippen LogP) is 2.85. The molecule has 0 aliphatic carbocycles. The SMILES string of the molecule is CC(C)/C(C(=O)O)=C(\C(=O)O)C(C(F)(F)F)C(F)(F)F. The average Bonchev–Trinajstić information content (AvgIpc) is 2.10. The lowest BCUT2D eigenvalue weighted by atomic mass is 9.87. The number of carboxylic acid groups (broad SMARTS) is 2. The monoisotopic (exact) mass is 308 g/mol. The molecule has 0 aromatic carbocycles. The summed E-state index contributed by atoms with van der Waals surface area (Å²) in [4.78, 5) is 21.6. The summed E-state index contributed by atoms with van der Waals surface area (Å²) >= 11 is 0. The molecule has 0 rings (SSSR count). The minimum Gasteiger partial charge on any atom is -0.478 e. The number of hydrogen-bond donors (Lipinski definition) is 2. The Morgan fingerprint density at radius 1 is 0.800 bits per heavy atom. The van der Waals surface area contributed by atoms with Crippen LogP contribution in [-0.2, 0) is 9.59 Å². The first-order valence-corrected chi connectivity index (χ1v) is 5.05. The van der Waals surface area contributed by atoms with E-state index in [-0.39, 0.29) is 0 Å². The molecule has 0 heterocycles. The van der Waals surface area contributed by atoms with Crippen molar-refractivity contribution in [2.24, 2.45) is 11.8 Å². The van der Waals surface area contributed by atoms with Gasteiger partial charge in [0, 0.05) is 0 Å². The summed E-state index contributed by atoms with van der Waals surface area (Å²) < 4.78 is 75.0. The van der Waals surface area contributed by atoms with Crippen LogP contribution in [0.25, 0.3) is 0 Å². The summed E-state index contributed by atoms with van der Waals surface area (Å²) in [7, 11) is 0. The van der Waals surface area contributed by atoms with Gasteiger partial charge in [0.2, 0.25) is 0 Å². The molecule has 0 aliphatic heterocycles. The molecule has 10 heteroatoms. The lowest BCUT2D eigenvalue weighted by molar-refractivity contribution is -0.272. The summed E-state index contributed by atoms with van der Waals surface area (Å²) in [5.74, 6) is -10.4. The second-order valence-electron chi connectivity index (χ2n) is 4.11. The van der Waals surface area contributed by atoms with Crippen molar-refractivity contribution >= 4 is 11.9 Å². The zero-order chi connectivity index (χ0) is 16.5. The van der Waals surface area contributed by atoms with Gasteiger partial charge in [-0.15, -0.1) is 0 Å². The quantitative estimate of drug-likeness (QED) is 0.618. The van der Waals surface area contributed by atoms with Gasteiger partial charge >= 0.3 is 24.3 Å². The van der Waals surface area contributed by atoms with Crippen LogP contribution >= 0.6 is 0 Å². The molecule has 0 saturated heterocycles. The van der Waals surface area contributed by atoms with Gasteiger partial charge in [-0.3, -0.25) is 0 Å². The number of halogens is 6. The van der Waals surface area contributed by atoms with E-state index >= 15 is 0 Å². The highest BCUT2D eigenvalue weighted by atomic mass is 19.4. The maximum Gasteiger partial charge on any atom is 0.404 e. The molecule has 0 aromatic rings. The van der Waals surface area contributed by atoms with E-state index in [2.05, 4.69) is 0 Å². The topological polar surface area (TPSA) is 74.6 Å². The fourth-order valence-electron chi connectivity index (χ4n) is 1.58. The van der Waals surface area contributed by atoms with Crippen LogP contribution < -0.4 is 0 Å².